The first-order valence-electron chi connectivity index (χ1n) is 9.48. The van der Waals surface area contributed by atoms with Gasteiger partial charge in [0.05, 0.1) is 7.11 Å². The van der Waals surface area contributed by atoms with Crippen LogP contribution in [0, 0.1) is 5.41 Å². The van der Waals surface area contributed by atoms with Crippen LogP contribution in [0.25, 0.3) is 0 Å². The van der Waals surface area contributed by atoms with Gasteiger partial charge in [-0.2, -0.15) is 0 Å². The van der Waals surface area contributed by atoms with E-state index in [1.807, 2.05) is 24.3 Å². The lowest BCUT2D eigenvalue weighted by molar-refractivity contribution is 0.240. The molecule has 0 aliphatic carbocycles. The van der Waals surface area contributed by atoms with Crippen molar-refractivity contribution >= 4 is 23.2 Å². The molecule has 0 fully saturated rings. The van der Waals surface area contributed by atoms with Crippen LogP contribution in [-0.4, -0.2) is 12.6 Å². The van der Waals surface area contributed by atoms with E-state index in [9.17, 15) is 0 Å². The summed E-state index contributed by atoms with van der Waals surface area (Å²) in [5.74, 6) is 1.35. The van der Waals surface area contributed by atoms with Crippen molar-refractivity contribution in [3.8, 4) is 11.5 Å². The van der Waals surface area contributed by atoms with Crippen molar-refractivity contribution < 1.29 is 9.47 Å². The smallest absolute Gasteiger partial charge is 0.161 e. The number of methoxy groups -OCH3 is 1. The lowest BCUT2D eigenvalue weighted by Crippen LogP contribution is -2.41. The largest absolute Gasteiger partial charge is 0.493 e. The molecule has 0 aliphatic rings. The van der Waals surface area contributed by atoms with Gasteiger partial charge in [0, 0.05) is 27.7 Å². The first kappa shape index (κ1) is 22.9. The molecule has 0 aromatic heterocycles. The van der Waals surface area contributed by atoms with E-state index in [-0.39, 0.29) is 17.6 Å². The van der Waals surface area contributed by atoms with Crippen LogP contribution < -0.4 is 14.8 Å². The Morgan fingerprint density at radius 1 is 0.929 bits per heavy atom. The van der Waals surface area contributed by atoms with E-state index in [2.05, 4.69) is 39.9 Å². The van der Waals surface area contributed by atoms with Crippen LogP contribution in [0.15, 0.2) is 36.4 Å². The van der Waals surface area contributed by atoms with Crippen molar-refractivity contribution in [2.75, 3.05) is 7.11 Å². The Balaban J connectivity index is 2.05. The van der Waals surface area contributed by atoms with Crippen LogP contribution in [0.3, 0.4) is 0 Å². The highest BCUT2D eigenvalue weighted by Gasteiger charge is 2.24. The fraction of sp³-hybridized carbons (Fsp3) is 0.478. The minimum atomic E-state index is 0.0431. The summed E-state index contributed by atoms with van der Waals surface area (Å²) in [4.78, 5) is 0. The summed E-state index contributed by atoms with van der Waals surface area (Å²) in [6.07, 6.45) is 1.08. The maximum Gasteiger partial charge on any atom is 0.161 e. The van der Waals surface area contributed by atoms with Crippen molar-refractivity contribution in [1.82, 2.24) is 5.32 Å². The molecule has 0 amide bonds. The predicted molar refractivity (Wildman–Crippen MR) is 119 cm³/mol. The molecule has 154 valence electrons. The summed E-state index contributed by atoms with van der Waals surface area (Å²) >= 11 is 12.4. The summed E-state index contributed by atoms with van der Waals surface area (Å²) in [6.45, 7) is 12.3. The van der Waals surface area contributed by atoms with Gasteiger partial charge in [0.2, 0.25) is 0 Å². The van der Waals surface area contributed by atoms with Crippen LogP contribution in [0.4, 0.5) is 0 Å². The van der Waals surface area contributed by atoms with Gasteiger partial charge in [-0.15, -0.1) is 0 Å². The molecule has 3 nitrogen and oxygen atoms in total. The van der Waals surface area contributed by atoms with Crippen LogP contribution in [0.2, 0.25) is 10.0 Å². The van der Waals surface area contributed by atoms with Crippen LogP contribution in [0.1, 0.15) is 52.2 Å². The molecular weight excluding hydrogens is 393 g/mol. The van der Waals surface area contributed by atoms with Gasteiger partial charge < -0.3 is 14.8 Å². The summed E-state index contributed by atoms with van der Waals surface area (Å²) in [7, 11) is 1.64. The van der Waals surface area contributed by atoms with Crippen molar-refractivity contribution in [3.63, 3.8) is 0 Å². The van der Waals surface area contributed by atoms with E-state index in [4.69, 9.17) is 32.7 Å². The number of halogens is 2. The Bertz CT molecular complexity index is 777. The Hall–Kier alpha value is -1.42. The summed E-state index contributed by atoms with van der Waals surface area (Å²) in [6, 6.07) is 11.4. The number of nitrogens with one attached hydrogen (secondary N) is 1. The van der Waals surface area contributed by atoms with E-state index in [1.54, 1.807) is 19.2 Å². The van der Waals surface area contributed by atoms with Gasteiger partial charge in [-0.05, 0) is 55.5 Å². The number of rotatable bonds is 8. The zero-order valence-electron chi connectivity index (χ0n) is 17.7. The quantitative estimate of drug-likeness (QED) is 0.501. The Kier molecular flexibility index (Phi) is 7.66. The molecule has 0 unspecified atom stereocenters. The average Bonchev–Trinajstić information content (AvgIpc) is 2.58. The van der Waals surface area contributed by atoms with Gasteiger partial charge in [-0.25, -0.2) is 0 Å². The maximum atomic E-state index is 6.22. The maximum absolute atomic E-state index is 6.22. The standard InChI is InChI=1S/C23H31Cl2NO2/c1-22(2,3)15-23(4,5)26-13-16-10-11-20(21(12-16)27-6)28-14-17-18(24)8-7-9-19(17)25/h7-12,26H,13-15H2,1-6H3. The van der Waals surface area contributed by atoms with E-state index in [0.29, 0.717) is 21.5 Å². The molecule has 0 bridgehead atoms. The zero-order valence-corrected chi connectivity index (χ0v) is 19.2. The molecule has 0 aliphatic heterocycles. The SMILES string of the molecule is COc1cc(CNC(C)(C)CC(C)(C)C)ccc1OCc1c(Cl)cccc1Cl. The molecule has 0 atom stereocenters. The minimum Gasteiger partial charge on any atom is -0.493 e. The molecule has 5 heteroatoms. The van der Waals surface area contributed by atoms with E-state index >= 15 is 0 Å². The third-order valence-corrected chi connectivity index (χ3v) is 5.11. The molecule has 0 heterocycles. The summed E-state index contributed by atoms with van der Waals surface area (Å²) in [5, 5.41) is 4.83. The Morgan fingerprint density at radius 2 is 1.57 bits per heavy atom. The topological polar surface area (TPSA) is 30.5 Å². The zero-order chi connectivity index (χ0) is 20.9. The van der Waals surface area contributed by atoms with Gasteiger partial charge in [0.25, 0.3) is 0 Å². The van der Waals surface area contributed by atoms with Crippen LogP contribution in [0.5, 0.6) is 11.5 Å². The Labute approximate surface area is 179 Å². The van der Waals surface area contributed by atoms with E-state index < -0.39 is 0 Å². The van der Waals surface area contributed by atoms with Crippen molar-refractivity contribution in [2.45, 2.75) is 59.7 Å². The van der Waals surface area contributed by atoms with Crippen molar-refractivity contribution in [3.05, 3.63) is 57.6 Å². The fourth-order valence-electron chi connectivity index (χ4n) is 3.49. The third kappa shape index (κ3) is 6.88. The summed E-state index contributed by atoms with van der Waals surface area (Å²) in [5.41, 5.74) is 2.22. The highest BCUT2D eigenvalue weighted by Crippen LogP contribution is 2.32. The van der Waals surface area contributed by atoms with Gasteiger partial charge in [-0.1, -0.05) is 56.1 Å². The van der Waals surface area contributed by atoms with Crippen LogP contribution in [-0.2, 0) is 13.2 Å². The number of hydrogen-bond donors (Lipinski definition) is 1. The Morgan fingerprint density at radius 3 is 2.14 bits per heavy atom. The molecule has 0 saturated heterocycles. The van der Waals surface area contributed by atoms with Gasteiger partial charge >= 0.3 is 0 Å². The van der Waals surface area contributed by atoms with Gasteiger partial charge in [0.1, 0.15) is 6.61 Å². The third-order valence-electron chi connectivity index (χ3n) is 4.41. The fourth-order valence-corrected chi connectivity index (χ4v) is 4.00. The van der Waals surface area contributed by atoms with Crippen molar-refractivity contribution in [1.29, 1.82) is 0 Å². The molecule has 2 aromatic carbocycles. The highest BCUT2D eigenvalue weighted by molar-refractivity contribution is 6.35. The lowest BCUT2D eigenvalue weighted by atomic mass is 9.82. The first-order valence-corrected chi connectivity index (χ1v) is 10.2. The molecule has 28 heavy (non-hydrogen) atoms. The number of ether oxygens (including phenoxy) is 2. The number of hydrogen-bond acceptors (Lipinski definition) is 3. The minimum absolute atomic E-state index is 0.0431. The van der Waals surface area contributed by atoms with E-state index in [0.717, 1.165) is 24.1 Å². The molecule has 1 N–H and O–H groups in total. The van der Waals surface area contributed by atoms with Gasteiger partial charge in [-0.3, -0.25) is 0 Å². The molecule has 0 spiro atoms. The lowest BCUT2D eigenvalue weighted by Gasteiger charge is -2.33. The van der Waals surface area contributed by atoms with Gasteiger partial charge in [0.15, 0.2) is 11.5 Å². The summed E-state index contributed by atoms with van der Waals surface area (Å²) < 4.78 is 11.5. The van der Waals surface area contributed by atoms with Crippen molar-refractivity contribution in [2.24, 2.45) is 5.41 Å². The second-order valence-electron chi connectivity index (χ2n) is 8.95. The second-order valence-corrected chi connectivity index (χ2v) is 9.76. The molecule has 2 rings (SSSR count). The number of benzene rings is 2. The predicted octanol–water partition coefficient (Wildman–Crippen LogP) is 6.89. The normalized spacial score (nSPS) is 12.1. The molecule has 0 radical (unpaired) electrons. The molecule has 2 aromatic rings. The molecular formula is C23H31Cl2NO2. The average molecular weight is 424 g/mol. The molecule has 0 saturated carbocycles. The van der Waals surface area contributed by atoms with Crippen LogP contribution >= 0.6 is 23.2 Å². The monoisotopic (exact) mass is 423 g/mol. The van der Waals surface area contributed by atoms with E-state index in [1.165, 1.54) is 0 Å². The highest BCUT2D eigenvalue weighted by atomic mass is 35.5. The second kappa shape index (κ2) is 9.39. The first-order chi connectivity index (χ1) is 13.0.